The van der Waals surface area contributed by atoms with E-state index in [0.29, 0.717) is 17.1 Å². The minimum atomic E-state index is 0.575. The fraction of sp³-hybridized carbons (Fsp3) is 0.154. The van der Waals surface area contributed by atoms with E-state index in [-0.39, 0.29) is 0 Å². The fourth-order valence-electron chi connectivity index (χ4n) is 2.19. The third-order valence-electron chi connectivity index (χ3n) is 3.03. The molecule has 3 rings (SSSR count). The molecule has 90 valence electrons. The maximum atomic E-state index is 11.2. The van der Waals surface area contributed by atoms with Gasteiger partial charge in [0.15, 0.2) is 12.1 Å². The Bertz CT molecular complexity index is 739. The van der Waals surface area contributed by atoms with Gasteiger partial charge in [-0.2, -0.15) is 10.2 Å². The number of rotatable bonds is 2. The second-order valence-corrected chi connectivity index (χ2v) is 4.18. The van der Waals surface area contributed by atoms with Crippen LogP contribution in [0.25, 0.3) is 16.7 Å². The Morgan fingerprint density at radius 1 is 1.28 bits per heavy atom. The fourth-order valence-corrected chi connectivity index (χ4v) is 2.19. The monoisotopic (exact) mass is 240 g/mol. The Morgan fingerprint density at radius 3 is 2.83 bits per heavy atom. The van der Waals surface area contributed by atoms with E-state index in [1.54, 1.807) is 15.6 Å². The number of aldehydes is 1. The predicted molar refractivity (Wildman–Crippen MR) is 68.0 cm³/mol. The van der Waals surface area contributed by atoms with Gasteiger partial charge in [0.05, 0.1) is 23.0 Å². The summed E-state index contributed by atoms with van der Waals surface area (Å²) in [6, 6.07) is 7.87. The standard InChI is InChI=1S/C13H12N4O/c1-9-11(8-18)13(16(2)15-9)17-12-6-4-3-5-10(12)7-14-17/h3-8H,1-2H3. The van der Waals surface area contributed by atoms with Gasteiger partial charge in [-0.15, -0.1) is 0 Å². The van der Waals surface area contributed by atoms with Crippen molar-refractivity contribution in [1.82, 2.24) is 19.6 Å². The van der Waals surface area contributed by atoms with Gasteiger partial charge >= 0.3 is 0 Å². The van der Waals surface area contributed by atoms with E-state index in [2.05, 4.69) is 10.2 Å². The van der Waals surface area contributed by atoms with Crippen LogP contribution in [-0.2, 0) is 7.05 Å². The number of aromatic nitrogens is 4. The quantitative estimate of drug-likeness (QED) is 0.643. The summed E-state index contributed by atoms with van der Waals surface area (Å²) in [6.07, 6.45) is 2.61. The molecule has 0 aliphatic carbocycles. The Hall–Kier alpha value is -2.43. The average molecular weight is 240 g/mol. The van der Waals surface area contributed by atoms with Crippen LogP contribution < -0.4 is 0 Å². The zero-order valence-corrected chi connectivity index (χ0v) is 10.2. The lowest BCUT2D eigenvalue weighted by Gasteiger charge is -2.04. The van der Waals surface area contributed by atoms with Crippen LogP contribution in [0.3, 0.4) is 0 Å². The molecule has 0 N–H and O–H groups in total. The van der Waals surface area contributed by atoms with Crippen LogP contribution in [0.15, 0.2) is 30.5 Å². The first kappa shape index (κ1) is 10.7. The first-order chi connectivity index (χ1) is 8.72. The number of hydrogen-bond donors (Lipinski definition) is 0. The maximum absolute atomic E-state index is 11.2. The van der Waals surface area contributed by atoms with Gasteiger partial charge in [-0.05, 0) is 13.0 Å². The summed E-state index contributed by atoms with van der Waals surface area (Å²) in [6.45, 7) is 1.82. The maximum Gasteiger partial charge on any atom is 0.163 e. The van der Waals surface area contributed by atoms with Gasteiger partial charge in [0.1, 0.15) is 0 Å². The highest BCUT2D eigenvalue weighted by molar-refractivity contribution is 5.85. The topological polar surface area (TPSA) is 52.7 Å². The smallest absolute Gasteiger partial charge is 0.163 e. The second kappa shape index (κ2) is 3.80. The molecular weight excluding hydrogens is 228 g/mol. The molecule has 0 fully saturated rings. The summed E-state index contributed by atoms with van der Waals surface area (Å²) < 4.78 is 3.43. The Labute approximate surface area is 104 Å². The molecular formula is C13H12N4O. The lowest BCUT2D eigenvalue weighted by Crippen LogP contribution is -2.06. The van der Waals surface area contributed by atoms with Crippen molar-refractivity contribution in [2.45, 2.75) is 6.92 Å². The molecule has 18 heavy (non-hydrogen) atoms. The normalized spacial score (nSPS) is 11.0. The summed E-state index contributed by atoms with van der Waals surface area (Å²) in [4.78, 5) is 11.2. The van der Waals surface area contributed by atoms with E-state index in [1.165, 1.54) is 0 Å². The molecule has 0 unspecified atom stereocenters. The molecule has 0 aliphatic heterocycles. The van der Waals surface area contributed by atoms with E-state index < -0.39 is 0 Å². The van der Waals surface area contributed by atoms with E-state index in [0.717, 1.165) is 17.2 Å². The summed E-state index contributed by atoms with van der Waals surface area (Å²) in [5.74, 6) is 0.698. The highest BCUT2D eigenvalue weighted by Gasteiger charge is 2.16. The van der Waals surface area contributed by atoms with Crippen molar-refractivity contribution in [2.24, 2.45) is 7.05 Å². The highest BCUT2D eigenvalue weighted by atomic mass is 16.1. The van der Waals surface area contributed by atoms with Gasteiger partial charge < -0.3 is 0 Å². The van der Waals surface area contributed by atoms with Crippen molar-refractivity contribution in [1.29, 1.82) is 0 Å². The van der Waals surface area contributed by atoms with Gasteiger partial charge in [0.25, 0.3) is 0 Å². The first-order valence-electron chi connectivity index (χ1n) is 5.64. The van der Waals surface area contributed by atoms with Crippen LogP contribution in [-0.4, -0.2) is 25.8 Å². The molecule has 5 heteroatoms. The Morgan fingerprint density at radius 2 is 2.06 bits per heavy atom. The number of carbonyl (C=O) groups is 1. The molecule has 0 saturated carbocycles. The summed E-state index contributed by atoms with van der Waals surface area (Å²) in [7, 11) is 1.81. The lowest BCUT2D eigenvalue weighted by atomic mass is 10.2. The van der Waals surface area contributed by atoms with Crippen molar-refractivity contribution < 1.29 is 4.79 Å². The highest BCUT2D eigenvalue weighted by Crippen LogP contribution is 2.21. The molecule has 0 bridgehead atoms. The summed E-state index contributed by atoms with van der Waals surface area (Å²) in [5, 5.41) is 9.65. The van der Waals surface area contributed by atoms with E-state index >= 15 is 0 Å². The van der Waals surface area contributed by atoms with Crippen LogP contribution in [0.4, 0.5) is 0 Å². The Kier molecular flexibility index (Phi) is 2.26. The molecule has 0 radical (unpaired) electrons. The Balaban J connectivity index is 2.36. The van der Waals surface area contributed by atoms with Crippen molar-refractivity contribution >= 4 is 17.2 Å². The third-order valence-corrected chi connectivity index (χ3v) is 3.03. The van der Waals surface area contributed by atoms with Crippen molar-refractivity contribution in [3.63, 3.8) is 0 Å². The minimum absolute atomic E-state index is 0.575. The van der Waals surface area contributed by atoms with E-state index in [1.807, 2.05) is 38.2 Å². The van der Waals surface area contributed by atoms with Gasteiger partial charge in [0, 0.05) is 12.4 Å². The number of hydrogen-bond acceptors (Lipinski definition) is 3. The lowest BCUT2D eigenvalue weighted by molar-refractivity contribution is 0.112. The van der Waals surface area contributed by atoms with Gasteiger partial charge in [-0.1, -0.05) is 18.2 Å². The molecule has 0 atom stereocenters. The van der Waals surface area contributed by atoms with Crippen molar-refractivity contribution in [3.05, 3.63) is 41.7 Å². The molecule has 0 aliphatic rings. The SMILES string of the molecule is Cc1nn(C)c(-n2ncc3ccccc32)c1C=O. The number of aryl methyl sites for hydroxylation is 2. The predicted octanol–water partition coefficient (Wildman–Crippen LogP) is 1.88. The number of para-hydroxylation sites is 1. The molecule has 1 aromatic carbocycles. The molecule has 2 aromatic heterocycles. The van der Waals surface area contributed by atoms with Crippen molar-refractivity contribution in [2.75, 3.05) is 0 Å². The summed E-state index contributed by atoms with van der Waals surface area (Å²) >= 11 is 0. The molecule has 3 aromatic rings. The molecule has 5 nitrogen and oxygen atoms in total. The van der Waals surface area contributed by atoms with E-state index in [9.17, 15) is 4.79 Å². The zero-order chi connectivity index (χ0) is 12.7. The largest absolute Gasteiger partial charge is 0.298 e. The van der Waals surface area contributed by atoms with Crippen LogP contribution in [0.5, 0.6) is 0 Å². The number of carbonyl (C=O) groups excluding carboxylic acids is 1. The number of nitrogens with zero attached hydrogens (tertiary/aromatic N) is 4. The number of benzene rings is 1. The van der Waals surface area contributed by atoms with Gasteiger partial charge in [-0.3, -0.25) is 9.48 Å². The van der Waals surface area contributed by atoms with E-state index in [4.69, 9.17) is 0 Å². The zero-order valence-electron chi connectivity index (χ0n) is 10.2. The van der Waals surface area contributed by atoms with Crippen molar-refractivity contribution in [3.8, 4) is 5.82 Å². The molecule has 0 saturated heterocycles. The molecule has 2 heterocycles. The van der Waals surface area contributed by atoms with Crippen LogP contribution in [0.2, 0.25) is 0 Å². The number of fused-ring (bicyclic) bond motifs is 1. The third kappa shape index (κ3) is 1.37. The van der Waals surface area contributed by atoms with Crippen LogP contribution >= 0.6 is 0 Å². The first-order valence-corrected chi connectivity index (χ1v) is 5.64. The van der Waals surface area contributed by atoms with Crippen LogP contribution in [0.1, 0.15) is 16.1 Å². The van der Waals surface area contributed by atoms with Gasteiger partial charge in [-0.25, -0.2) is 4.68 Å². The van der Waals surface area contributed by atoms with Gasteiger partial charge in [0.2, 0.25) is 0 Å². The van der Waals surface area contributed by atoms with Crippen LogP contribution in [0, 0.1) is 6.92 Å². The molecule has 0 spiro atoms. The second-order valence-electron chi connectivity index (χ2n) is 4.18. The summed E-state index contributed by atoms with van der Waals surface area (Å²) in [5.41, 5.74) is 2.25. The minimum Gasteiger partial charge on any atom is -0.298 e. The molecule has 0 amide bonds. The average Bonchev–Trinajstić information content (AvgIpc) is 2.89.